The van der Waals surface area contributed by atoms with Gasteiger partial charge in [-0.15, -0.1) is 0 Å². The van der Waals surface area contributed by atoms with Gasteiger partial charge < -0.3 is 10.1 Å². The molecule has 4 rings (SSSR count). The Balaban J connectivity index is 1.86. The Morgan fingerprint density at radius 1 is 0.962 bits per heavy atom. The number of carbonyl (C=O) groups excluding carboxylic acids is 1. The number of ether oxygens (including phenoxy) is 1. The van der Waals surface area contributed by atoms with Crippen LogP contribution in [0.4, 0.5) is 15.8 Å². The highest BCUT2D eigenvalue weighted by atomic mass is 19.1. The van der Waals surface area contributed by atoms with Crippen LogP contribution in [0.2, 0.25) is 0 Å². The Hall–Kier alpha value is -3.34. The van der Waals surface area contributed by atoms with Crippen LogP contribution >= 0.6 is 0 Å². The molecule has 1 heterocycles. The number of rotatable bonds is 3. The molecule has 0 radical (unpaired) electrons. The smallest absolute Gasteiger partial charge is 0.262 e. The lowest BCUT2D eigenvalue weighted by Crippen LogP contribution is -2.43. The van der Waals surface area contributed by atoms with Gasteiger partial charge in [0.05, 0.1) is 18.4 Å². The van der Waals surface area contributed by atoms with Crippen LogP contribution in [0.1, 0.15) is 22.1 Å². The minimum Gasteiger partial charge on any atom is -0.497 e. The van der Waals surface area contributed by atoms with Gasteiger partial charge in [0.1, 0.15) is 17.7 Å². The lowest BCUT2D eigenvalue weighted by atomic mass is 10.0. The number of fused-ring (bicyclic) bond motifs is 1. The number of para-hydroxylation sites is 2. The summed E-state index contributed by atoms with van der Waals surface area (Å²) in [7, 11) is 1.60. The first-order valence-electron chi connectivity index (χ1n) is 8.26. The molecule has 1 atom stereocenters. The summed E-state index contributed by atoms with van der Waals surface area (Å²) in [6, 6.07) is 20.9. The maximum absolute atomic E-state index is 14.5. The van der Waals surface area contributed by atoms with Gasteiger partial charge in [-0.1, -0.05) is 36.4 Å². The zero-order valence-electron chi connectivity index (χ0n) is 14.1. The molecule has 4 nitrogen and oxygen atoms in total. The second-order valence-electron chi connectivity index (χ2n) is 5.99. The summed E-state index contributed by atoms with van der Waals surface area (Å²) in [6.07, 6.45) is -0.528. The average Bonchev–Trinajstić information content (AvgIpc) is 2.69. The summed E-state index contributed by atoms with van der Waals surface area (Å²) in [5.41, 5.74) is 2.31. The van der Waals surface area contributed by atoms with Crippen LogP contribution in [0, 0.1) is 5.82 Å². The summed E-state index contributed by atoms with van der Waals surface area (Å²) >= 11 is 0. The molecule has 0 spiro atoms. The number of hydrogen-bond donors (Lipinski definition) is 1. The van der Waals surface area contributed by atoms with Crippen LogP contribution in [0.3, 0.4) is 0 Å². The van der Waals surface area contributed by atoms with Crippen molar-refractivity contribution in [1.82, 2.24) is 0 Å². The van der Waals surface area contributed by atoms with Gasteiger partial charge in [-0.3, -0.25) is 9.69 Å². The minimum absolute atomic E-state index is 0.236. The third kappa shape index (κ3) is 2.67. The maximum atomic E-state index is 14.5. The molecule has 0 fully saturated rings. The van der Waals surface area contributed by atoms with Crippen molar-refractivity contribution in [2.24, 2.45) is 0 Å². The van der Waals surface area contributed by atoms with E-state index < -0.39 is 12.0 Å². The van der Waals surface area contributed by atoms with E-state index in [0.29, 0.717) is 11.3 Å². The number of amides is 1. The standard InChI is InChI=1S/C21H17FN2O2/c1-26-15-12-10-14(11-13-15)20-23-18-8-4-2-6-16(18)21(25)24(20)19-9-5-3-7-17(19)22/h2-13,20,23H,1H3/t20-/m1/s1. The van der Waals surface area contributed by atoms with Gasteiger partial charge in [-0.25, -0.2) is 4.39 Å². The third-order valence-corrected chi connectivity index (χ3v) is 4.47. The number of methoxy groups -OCH3 is 1. The second-order valence-corrected chi connectivity index (χ2v) is 5.99. The molecule has 1 aliphatic rings. The molecule has 0 aliphatic carbocycles. The highest BCUT2D eigenvalue weighted by Crippen LogP contribution is 2.37. The number of halogens is 1. The SMILES string of the molecule is COc1ccc([C@@H]2Nc3ccccc3C(=O)N2c2ccccc2F)cc1. The molecule has 0 unspecified atom stereocenters. The van der Waals surface area contributed by atoms with Crippen LogP contribution in [-0.2, 0) is 0 Å². The fourth-order valence-corrected chi connectivity index (χ4v) is 3.17. The average molecular weight is 348 g/mol. The molecule has 3 aromatic carbocycles. The van der Waals surface area contributed by atoms with Crippen molar-refractivity contribution in [3.05, 3.63) is 89.7 Å². The second kappa shape index (κ2) is 6.52. The first-order valence-corrected chi connectivity index (χ1v) is 8.26. The van der Waals surface area contributed by atoms with Crippen LogP contribution in [0.5, 0.6) is 5.75 Å². The number of benzene rings is 3. The Morgan fingerprint density at radius 3 is 2.38 bits per heavy atom. The topological polar surface area (TPSA) is 41.6 Å². The lowest BCUT2D eigenvalue weighted by Gasteiger charge is -2.38. The molecule has 0 saturated heterocycles. The van der Waals surface area contributed by atoms with Crippen molar-refractivity contribution in [2.75, 3.05) is 17.3 Å². The molecular formula is C21H17FN2O2. The van der Waals surface area contributed by atoms with E-state index in [1.54, 1.807) is 37.4 Å². The Kier molecular flexibility index (Phi) is 4.05. The molecule has 1 aliphatic heterocycles. The Bertz CT molecular complexity index is 956. The van der Waals surface area contributed by atoms with Crippen LogP contribution in [0.25, 0.3) is 0 Å². The van der Waals surface area contributed by atoms with Crippen molar-refractivity contribution < 1.29 is 13.9 Å². The van der Waals surface area contributed by atoms with Gasteiger partial charge in [0.15, 0.2) is 0 Å². The summed E-state index contributed by atoms with van der Waals surface area (Å²) in [5, 5.41) is 3.35. The van der Waals surface area contributed by atoms with E-state index in [2.05, 4.69) is 5.32 Å². The largest absolute Gasteiger partial charge is 0.497 e. The van der Waals surface area contributed by atoms with E-state index >= 15 is 0 Å². The van der Waals surface area contributed by atoms with Gasteiger partial charge >= 0.3 is 0 Å². The van der Waals surface area contributed by atoms with Gasteiger partial charge in [-0.05, 0) is 42.0 Å². The maximum Gasteiger partial charge on any atom is 0.262 e. The highest BCUT2D eigenvalue weighted by Gasteiger charge is 2.35. The first-order chi connectivity index (χ1) is 12.7. The van der Waals surface area contributed by atoms with Crippen LogP contribution in [0.15, 0.2) is 72.8 Å². The summed E-state index contributed by atoms with van der Waals surface area (Å²) in [5.74, 6) is 0.0274. The van der Waals surface area contributed by atoms with Gasteiger partial charge in [0.2, 0.25) is 0 Å². The lowest BCUT2D eigenvalue weighted by molar-refractivity contribution is 0.0974. The van der Waals surface area contributed by atoms with E-state index in [0.717, 1.165) is 11.3 Å². The third-order valence-electron chi connectivity index (χ3n) is 4.47. The van der Waals surface area contributed by atoms with Crippen molar-refractivity contribution >= 4 is 17.3 Å². The molecule has 5 heteroatoms. The quantitative estimate of drug-likeness (QED) is 0.752. The van der Waals surface area contributed by atoms with Gasteiger partial charge in [0, 0.05) is 5.69 Å². The van der Waals surface area contributed by atoms with Crippen LogP contribution < -0.4 is 15.0 Å². The molecule has 0 aromatic heterocycles. The Morgan fingerprint density at radius 2 is 1.65 bits per heavy atom. The Labute approximate surface area is 150 Å². The first kappa shape index (κ1) is 16.1. The zero-order valence-corrected chi connectivity index (χ0v) is 14.1. The number of hydrogen-bond acceptors (Lipinski definition) is 3. The summed E-state index contributed by atoms with van der Waals surface area (Å²) in [4.78, 5) is 14.6. The number of nitrogens with one attached hydrogen (secondary N) is 1. The molecule has 1 amide bonds. The molecule has 0 bridgehead atoms. The van der Waals surface area contributed by atoms with Crippen LogP contribution in [-0.4, -0.2) is 13.0 Å². The fourth-order valence-electron chi connectivity index (χ4n) is 3.17. The number of anilines is 2. The number of carbonyl (C=O) groups is 1. The van der Waals surface area contributed by atoms with E-state index in [4.69, 9.17) is 4.74 Å². The molecule has 26 heavy (non-hydrogen) atoms. The van der Waals surface area contributed by atoms with E-state index in [-0.39, 0.29) is 11.6 Å². The monoisotopic (exact) mass is 348 g/mol. The highest BCUT2D eigenvalue weighted by molar-refractivity contribution is 6.12. The zero-order chi connectivity index (χ0) is 18.1. The van der Waals surface area contributed by atoms with Gasteiger partial charge in [0.25, 0.3) is 5.91 Å². The summed E-state index contributed by atoms with van der Waals surface area (Å²) < 4.78 is 19.7. The van der Waals surface area contributed by atoms with Crippen molar-refractivity contribution in [3.63, 3.8) is 0 Å². The molecule has 130 valence electrons. The van der Waals surface area contributed by atoms with E-state index in [9.17, 15) is 9.18 Å². The van der Waals surface area contributed by atoms with E-state index in [1.807, 2.05) is 36.4 Å². The predicted molar refractivity (Wildman–Crippen MR) is 99.0 cm³/mol. The molecule has 3 aromatic rings. The molecular weight excluding hydrogens is 331 g/mol. The van der Waals surface area contributed by atoms with Crippen molar-refractivity contribution in [1.29, 1.82) is 0 Å². The fraction of sp³-hybridized carbons (Fsp3) is 0.0952. The minimum atomic E-state index is -0.528. The summed E-state index contributed by atoms with van der Waals surface area (Å²) in [6.45, 7) is 0. The van der Waals surface area contributed by atoms with E-state index in [1.165, 1.54) is 11.0 Å². The van der Waals surface area contributed by atoms with Gasteiger partial charge in [-0.2, -0.15) is 0 Å². The normalized spacial score (nSPS) is 16.0. The molecule has 0 saturated carbocycles. The van der Waals surface area contributed by atoms with Crippen molar-refractivity contribution in [3.8, 4) is 5.75 Å². The predicted octanol–water partition coefficient (Wildman–Crippen LogP) is 4.61. The van der Waals surface area contributed by atoms with Crippen molar-refractivity contribution in [2.45, 2.75) is 6.17 Å². The number of nitrogens with zero attached hydrogens (tertiary/aromatic N) is 1. The molecule has 1 N–H and O–H groups in total.